The highest BCUT2D eigenvalue weighted by Gasteiger charge is 2.18. The number of nitrogens with zero attached hydrogens (tertiary/aromatic N) is 2. The van der Waals surface area contributed by atoms with Crippen molar-refractivity contribution in [2.75, 3.05) is 10.6 Å². The van der Waals surface area contributed by atoms with Gasteiger partial charge in [-0.25, -0.2) is 4.98 Å². The van der Waals surface area contributed by atoms with Crippen molar-refractivity contribution in [3.8, 4) is 5.69 Å². The zero-order chi connectivity index (χ0) is 21.7. The summed E-state index contributed by atoms with van der Waals surface area (Å²) in [7, 11) is 0. The molecular weight excluding hydrogens is 396 g/mol. The summed E-state index contributed by atoms with van der Waals surface area (Å²) in [5, 5.41) is 6.03. The molecule has 0 bridgehead atoms. The van der Waals surface area contributed by atoms with Crippen LogP contribution in [0.4, 0.5) is 11.4 Å². The molecule has 0 fully saturated rings. The van der Waals surface area contributed by atoms with Crippen molar-refractivity contribution in [2.45, 2.75) is 44.0 Å². The molecular formula is C23H26N4O2S. The van der Waals surface area contributed by atoms with Gasteiger partial charge in [-0.1, -0.05) is 37.7 Å². The summed E-state index contributed by atoms with van der Waals surface area (Å²) in [5.74, 6) is 0.231. The topological polar surface area (TPSA) is 76.0 Å². The second-order valence-electron chi connectivity index (χ2n) is 7.33. The number of carbonyl (C=O) groups excluding carboxylic acids is 2. The predicted octanol–water partition coefficient (Wildman–Crippen LogP) is 5.07. The van der Waals surface area contributed by atoms with Gasteiger partial charge >= 0.3 is 0 Å². The van der Waals surface area contributed by atoms with Crippen LogP contribution < -0.4 is 10.6 Å². The third kappa shape index (κ3) is 5.51. The highest BCUT2D eigenvalue weighted by atomic mass is 32.2. The number of benzene rings is 2. The Morgan fingerprint density at radius 3 is 2.10 bits per heavy atom. The SMILES string of the molecule is CC(=O)Nc1ccc(NC(=O)[C@H](C)Sc2nccn2-c2ccc(C(C)C)cc2)cc1. The highest BCUT2D eigenvalue weighted by Crippen LogP contribution is 2.26. The van der Waals surface area contributed by atoms with Gasteiger partial charge in [0.15, 0.2) is 5.16 Å². The number of imidazole rings is 1. The van der Waals surface area contributed by atoms with E-state index in [9.17, 15) is 9.59 Å². The summed E-state index contributed by atoms with van der Waals surface area (Å²) in [5.41, 5.74) is 3.66. The Balaban J connectivity index is 1.65. The Labute approximate surface area is 181 Å². The molecule has 30 heavy (non-hydrogen) atoms. The van der Waals surface area contributed by atoms with E-state index in [2.05, 4.69) is 53.7 Å². The molecule has 3 aromatic rings. The number of nitrogens with one attached hydrogen (secondary N) is 2. The molecule has 0 saturated carbocycles. The Kier molecular flexibility index (Phi) is 6.95. The summed E-state index contributed by atoms with van der Waals surface area (Å²) >= 11 is 1.40. The molecule has 7 heteroatoms. The molecule has 0 radical (unpaired) electrons. The van der Waals surface area contributed by atoms with Crippen LogP contribution in [0.2, 0.25) is 0 Å². The Morgan fingerprint density at radius 2 is 1.53 bits per heavy atom. The van der Waals surface area contributed by atoms with Gasteiger partial charge in [-0.05, 0) is 54.8 Å². The number of hydrogen-bond acceptors (Lipinski definition) is 4. The van der Waals surface area contributed by atoms with E-state index in [1.807, 2.05) is 17.7 Å². The summed E-state index contributed by atoms with van der Waals surface area (Å²) in [6, 6.07) is 15.4. The van der Waals surface area contributed by atoms with Crippen molar-refractivity contribution in [2.24, 2.45) is 0 Å². The van der Waals surface area contributed by atoms with Crippen molar-refractivity contribution >= 4 is 35.0 Å². The maximum atomic E-state index is 12.6. The van der Waals surface area contributed by atoms with Crippen molar-refractivity contribution in [1.82, 2.24) is 9.55 Å². The first-order valence-electron chi connectivity index (χ1n) is 9.82. The van der Waals surface area contributed by atoms with E-state index in [1.54, 1.807) is 30.5 Å². The van der Waals surface area contributed by atoms with Gasteiger partial charge in [-0.3, -0.25) is 14.2 Å². The lowest BCUT2D eigenvalue weighted by Gasteiger charge is -2.14. The summed E-state index contributed by atoms with van der Waals surface area (Å²) < 4.78 is 1.99. The van der Waals surface area contributed by atoms with Crippen LogP contribution in [-0.2, 0) is 9.59 Å². The lowest BCUT2D eigenvalue weighted by Crippen LogP contribution is -2.22. The molecule has 0 aliphatic heterocycles. The summed E-state index contributed by atoms with van der Waals surface area (Å²) in [4.78, 5) is 28.2. The zero-order valence-corrected chi connectivity index (χ0v) is 18.4. The quantitative estimate of drug-likeness (QED) is 0.521. The van der Waals surface area contributed by atoms with Crippen molar-refractivity contribution in [3.05, 3.63) is 66.5 Å². The van der Waals surface area contributed by atoms with E-state index >= 15 is 0 Å². The number of rotatable bonds is 7. The minimum absolute atomic E-state index is 0.114. The smallest absolute Gasteiger partial charge is 0.237 e. The number of thioether (sulfide) groups is 1. The molecule has 156 valence electrons. The van der Waals surface area contributed by atoms with Gasteiger partial charge < -0.3 is 10.6 Å². The Bertz CT molecular complexity index is 1010. The van der Waals surface area contributed by atoms with E-state index in [0.29, 0.717) is 17.3 Å². The maximum absolute atomic E-state index is 12.6. The third-order valence-corrected chi connectivity index (χ3v) is 5.65. The molecule has 3 rings (SSSR count). The van der Waals surface area contributed by atoms with Crippen LogP contribution in [0.15, 0.2) is 66.1 Å². The fraction of sp³-hybridized carbons (Fsp3) is 0.261. The Morgan fingerprint density at radius 1 is 0.933 bits per heavy atom. The largest absolute Gasteiger partial charge is 0.326 e. The molecule has 0 unspecified atom stereocenters. The zero-order valence-electron chi connectivity index (χ0n) is 17.5. The highest BCUT2D eigenvalue weighted by molar-refractivity contribution is 8.00. The van der Waals surface area contributed by atoms with Crippen molar-refractivity contribution in [1.29, 1.82) is 0 Å². The van der Waals surface area contributed by atoms with Gasteiger partial charge in [-0.15, -0.1) is 0 Å². The molecule has 1 atom stereocenters. The fourth-order valence-corrected chi connectivity index (χ4v) is 3.77. The number of hydrogen-bond donors (Lipinski definition) is 2. The van der Waals surface area contributed by atoms with Crippen LogP contribution in [0.3, 0.4) is 0 Å². The van der Waals surface area contributed by atoms with Crippen LogP contribution in [0, 0.1) is 0 Å². The monoisotopic (exact) mass is 422 g/mol. The van der Waals surface area contributed by atoms with Crippen LogP contribution >= 0.6 is 11.8 Å². The first-order chi connectivity index (χ1) is 14.3. The van der Waals surface area contributed by atoms with E-state index in [1.165, 1.54) is 24.2 Å². The maximum Gasteiger partial charge on any atom is 0.237 e. The van der Waals surface area contributed by atoms with E-state index < -0.39 is 0 Å². The Hall–Kier alpha value is -3.06. The number of aromatic nitrogens is 2. The normalized spacial score (nSPS) is 11.9. The first-order valence-corrected chi connectivity index (χ1v) is 10.7. The van der Waals surface area contributed by atoms with Gasteiger partial charge in [0.05, 0.1) is 5.25 Å². The standard InChI is InChI=1S/C23H26N4O2S/c1-15(2)18-5-11-21(12-6-18)27-14-13-24-23(27)30-16(3)22(29)26-20-9-7-19(8-10-20)25-17(4)28/h5-16H,1-4H3,(H,25,28)(H,26,29)/t16-/m0/s1. The van der Waals surface area contributed by atoms with E-state index in [0.717, 1.165) is 10.8 Å². The van der Waals surface area contributed by atoms with Gasteiger partial charge in [0.2, 0.25) is 11.8 Å². The number of carbonyl (C=O) groups is 2. The van der Waals surface area contributed by atoms with Gasteiger partial charge in [-0.2, -0.15) is 0 Å². The molecule has 6 nitrogen and oxygen atoms in total. The van der Waals surface area contributed by atoms with Gasteiger partial charge in [0, 0.05) is 36.4 Å². The predicted molar refractivity (Wildman–Crippen MR) is 122 cm³/mol. The number of anilines is 2. The second kappa shape index (κ2) is 9.63. The number of amides is 2. The molecule has 1 aromatic heterocycles. The van der Waals surface area contributed by atoms with Gasteiger partial charge in [0.1, 0.15) is 0 Å². The van der Waals surface area contributed by atoms with Crippen molar-refractivity contribution < 1.29 is 9.59 Å². The molecule has 1 heterocycles. The lowest BCUT2D eigenvalue weighted by atomic mass is 10.0. The summed E-state index contributed by atoms with van der Waals surface area (Å²) in [6.07, 6.45) is 3.64. The third-order valence-electron chi connectivity index (χ3n) is 4.57. The average Bonchev–Trinajstić information content (AvgIpc) is 3.17. The lowest BCUT2D eigenvalue weighted by molar-refractivity contribution is -0.115. The van der Waals surface area contributed by atoms with E-state index in [4.69, 9.17) is 0 Å². The molecule has 2 amide bonds. The van der Waals surface area contributed by atoms with Crippen LogP contribution in [0.1, 0.15) is 39.2 Å². The summed E-state index contributed by atoms with van der Waals surface area (Å²) in [6.45, 7) is 7.64. The second-order valence-corrected chi connectivity index (χ2v) is 8.64. The molecule has 0 spiro atoms. The molecule has 0 aliphatic rings. The molecule has 2 N–H and O–H groups in total. The average molecular weight is 423 g/mol. The fourth-order valence-electron chi connectivity index (χ4n) is 2.89. The minimum Gasteiger partial charge on any atom is -0.326 e. The van der Waals surface area contributed by atoms with Crippen LogP contribution in [0.5, 0.6) is 0 Å². The minimum atomic E-state index is -0.337. The first kappa shape index (κ1) is 21.6. The van der Waals surface area contributed by atoms with Gasteiger partial charge in [0.25, 0.3) is 0 Å². The van der Waals surface area contributed by atoms with Crippen molar-refractivity contribution in [3.63, 3.8) is 0 Å². The van der Waals surface area contributed by atoms with E-state index in [-0.39, 0.29) is 17.1 Å². The van der Waals surface area contributed by atoms with Crippen LogP contribution in [-0.4, -0.2) is 26.6 Å². The van der Waals surface area contributed by atoms with Crippen LogP contribution in [0.25, 0.3) is 5.69 Å². The molecule has 2 aromatic carbocycles. The molecule has 0 saturated heterocycles. The molecule has 0 aliphatic carbocycles.